The maximum atomic E-state index is 13.9. The van der Waals surface area contributed by atoms with E-state index < -0.39 is 0 Å². The van der Waals surface area contributed by atoms with E-state index in [1.807, 2.05) is 4.90 Å². The first-order chi connectivity index (χ1) is 12.2. The maximum Gasteiger partial charge on any atom is 0.191 e. The molecular weight excluding hydrogens is 446 g/mol. The van der Waals surface area contributed by atoms with Crippen LogP contribution >= 0.6 is 24.0 Å². The van der Waals surface area contributed by atoms with Crippen LogP contribution in [0.1, 0.15) is 26.2 Å². The Kier molecular flexibility index (Phi) is 8.33. The molecule has 2 aliphatic heterocycles. The molecule has 0 radical (unpaired) electrons. The summed E-state index contributed by atoms with van der Waals surface area (Å²) in [6, 6.07) is 3.92. The van der Waals surface area contributed by atoms with Gasteiger partial charge in [-0.1, -0.05) is 6.92 Å². The van der Waals surface area contributed by atoms with Gasteiger partial charge in [0.1, 0.15) is 0 Å². The summed E-state index contributed by atoms with van der Waals surface area (Å²) >= 11 is 0. The lowest BCUT2D eigenvalue weighted by Gasteiger charge is -2.25. The maximum absolute atomic E-state index is 13.9. The third kappa shape index (κ3) is 5.18. The molecule has 6 nitrogen and oxygen atoms in total. The highest BCUT2D eigenvalue weighted by molar-refractivity contribution is 14.0. The molecule has 2 unspecified atom stereocenters. The number of likely N-dealkylation sites (N-methyl/N-ethyl adjacent to an activating group) is 1. The van der Waals surface area contributed by atoms with Gasteiger partial charge >= 0.3 is 0 Å². The normalized spacial score (nSPS) is 23.8. The van der Waals surface area contributed by atoms with Crippen molar-refractivity contribution in [2.75, 3.05) is 44.7 Å². The highest BCUT2D eigenvalue weighted by Gasteiger charge is 2.27. The van der Waals surface area contributed by atoms with Crippen molar-refractivity contribution >= 4 is 35.8 Å². The number of aliphatic imine (C=N–C) groups is 1. The Hall–Kier alpha value is -1.16. The summed E-state index contributed by atoms with van der Waals surface area (Å²) in [5.41, 5.74) is 0. The highest BCUT2D eigenvalue weighted by Crippen LogP contribution is 2.20. The number of nitrogens with zero attached hydrogens (tertiary/aromatic N) is 4. The Bertz CT molecular complexity index is 599. The summed E-state index contributed by atoms with van der Waals surface area (Å²) in [5.74, 6) is 1.02. The molecule has 3 rings (SSSR count). The Morgan fingerprint density at radius 3 is 2.96 bits per heavy atom. The lowest BCUT2D eigenvalue weighted by Crippen LogP contribution is -2.48. The van der Waals surface area contributed by atoms with Gasteiger partial charge in [-0.2, -0.15) is 0 Å². The molecule has 26 heavy (non-hydrogen) atoms. The molecule has 146 valence electrons. The number of guanidine groups is 1. The molecule has 0 amide bonds. The van der Waals surface area contributed by atoms with Gasteiger partial charge in [-0.15, -0.1) is 24.0 Å². The van der Waals surface area contributed by atoms with E-state index in [2.05, 4.69) is 32.4 Å². The summed E-state index contributed by atoms with van der Waals surface area (Å²) < 4.78 is 13.9. The van der Waals surface area contributed by atoms with Crippen LogP contribution in [-0.4, -0.2) is 67.7 Å². The monoisotopic (exact) mass is 476 g/mol. The van der Waals surface area contributed by atoms with E-state index in [0.717, 1.165) is 38.6 Å². The smallest absolute Gasteiger partial charge is 0.191 e. The Labute approximate surface area is 172 Å². The number of hydrogen-bond donors (Lipinski definition) is 2. The predicted molar refractivity (Wildman–Crippen MR) is 115 cm³/mol. The molecule has 1 aromatic rings. The third-order valence-corrected chi connectivity index (χ3v) is 5.20. The fraction of sp³-hybridized carbons (Fsp3) is 0.667. The van der Waals surface area contributed by atoms with Crippen molar-refractivity contribution in [1.82, 2.24) is 20.5 Å². The average molecular weight is 476 g/mol. The van der Waals surface area contributed by atoms with Gasteiger partial charge in [0.2, 0.25) is 0 Å². The van der Waals surface area contributed by atoms with Gasteiger partial charge in [-0.3, -0.25) is 9.89 Å². The molecule has 8 heteroatoms. The number of rotatable bonds is 5. The lowest BCUT2D eigenvalue weighted by molar-refractivity contribution is 0.267. The van der Waals surface area contributed by atoms with Crippen molar-refractivity contribution in [3.8, 4) is 0 Å². The van der Waals surface area contributed by atoms with Gasteiger partial charge in [0.15, 0.2) is 17.6 Å². The summed E-state index contributed by atoms with van der Waals surface area (Å²) in [7, 11) is 1.80. The predicted octanol–water partition coefficient (Wildman–Crippen LogP) is 2.07. The minimum Gasteiger partial charge on any atom is -0.355 e. The Morgan fingerprint density at radius 2 is 2.23 bits per heavy atom. The van der Waals surface area contributed by atoms with Gasteiger partial charge in [-0.05, 0) is 44.5 Å². The molecule has 0 spiro atoms. The van der Waals surface area contributed by atoms with E-state index in [-0.39, 0.29) is 35.8 Å². The zero-order valence-electron chi connectivity index (χ0n) is 15.6. The second-order valence-corrected chi connectivity index (χ2v) is 6.76. The molecule has 2 saturated heterocycles. The van der Waals surface area contributed by atoms with Gasteiger partial charge in [0, 0.05) is 45.0 Å². The molecule has 0 saturated carbocycles. The third-order valence-electron chi connectivity index (χ3n) is 5.20. The lowest BCUT2D eigenvalue weighted by atomic mass is 10.2. The van der Waals surface area contributed by atoms with Gasteiger partial charge in [0.25, 0.3) is 0 Å². The topological polar surface area (TPSA) is 55.8 Å². The minimum atomic E-state index is -0.258. The van der Waals surface area contributed by atoms with Crippen LogP contribution in [0.3, 0.4) is 0 Å². The number of halogens is 2. The Morgan fingerprint density at radius 1 is 1.38 bits per heavy atom. The molecule has 1 aromatic heterocycles. The molecule has 2 aliphatic rings. The molecule has 3 heterocycles. The zero-order chi connectivity index (χ0) is 17.6. The standard InChI is InChI=1S/C18H29FN6.HI/c1-3-24-10-5-6-15(24)12-22-18(20-2)23-14-8-11-25(13-14)17-16(19)7-4-9-21-17;/h4,7,9,14-15H,3,5-6,8,10-13H2,1-2H3,(H2,20,22,23);1H. The van der Waals surface area contributed by atoms with Crippen LogP contribution in [0.5, 0.6) is 0 Å². The van der Waals surface area contributed by atoms with E-state index in [0.29, 0.717) is 11.9 Å². The first-order valence-electron chi connectivity index (χ1n) is 9.28. The van der Waals surface area contributed by atoms with E-state index in [1.54, 1.807) is 19.3 Å². The SMILES string of the molecule is CCN1CCCC1CNC(=NC)NC1CCN(c2ncccc2F)C1.I. The molecule has 2 atom stereocenters. The summed E-state index contributed by atoms with van der Waals surface area (Å²) in [6.45, 7) is 6.97. The van der Waals surface area contributed by atoms with Gasteiger partial charge in [-0.25, -0.2) is 9.37 Å². The summed E-state index contributed by atoms with van der Waals surface area (Å²) in [4.78, 5) is 13.0. The second-order valence-electron chi connectivity index (χ2n) is 6.76. The van der Waals surface area contributed by atoms with Gasteiger partial charge in [0.05, 0.1) is 0 Å². The van der Waals surface area contributed by atoms with Crippen molar-refractivity contribution in [2.24, 2.45) is 4.99 Å². The number of anilines is 1. The zero-order valence-corrected chi connectivity index (χ0v) is 17.9. The molecular formula is C18H30FIN6. The molecule has 0 bridgehead atoms. The van der Waals surface area contributed by atoms with E-state index in [9.17, 15) is 4.39 Å². The Balaban J connectivity index is 0.00000243. The van der Waals surface area contributed by atoms with Crippen LogP contribution < -0.4 is 15.5 Å². The van der Waals surface area contributed by atoms with E-state index >= 15 is 0 Å². The first kappa shape index (κ1) is 21.1. The summed E-state index contributed by atoms with van der Waals surface area (Å²) in [6.07, 6.45) is 5.11. The van der Waals surface area contributed by atoms with Gasteiger partial charge < -0.3 is 15.5 Å². The largest absolute Gasteiger partial charge is 0.355 e. The molecule has 0 aliphatic carbocycles. The van der Waals surface area contributed by atoms with Crippen molar-refractivity contribution in [3.63, 3.8) is 0 Å². The minimum absolute atomic E-state index is 0. The van der Waals surface area contributed by atoms with Crippen molar-refractivity contribution < 1.29 is 4.39 Å². The quantitative estimate of drug-likeness (QED) is 0.387. The van der Waals surface area contributed by atoms with Crippen LogP contribution in [-0.2, 0) is 0 Å². The second kappa shape index (κ2) is 10.2. The molecule has 2 fully saturated rings. The van der Waals surface area contributed by atoms with Crippen LogP contribution in [0.15, 0.2) is 23.3 Å². The van der Waals surface area contributed by atoms with Crippen molar-refractivity contribution in [1.29, 1.82) is 0 Å². The van der Waals surface area contributed by atoms with Crippen molar-refractivity contribution in [3.05, 3.63) is 24.1 Å². The number of nitrogens with one attached hydrogen (secondary N) is 2. The highest BCUT2D eigenvalue weighted by atomic mass is 127. The number of hydrogen-bond acceptors (Lipinski definition) is 4. The van der Waals surface area contributed by atoms with Crippen LogP contribution in [0.2, 0.25) is 0 Å². The van der Waals surface area contributed by atoms with Crippen LogP contribution in [0, 0.1) is 5.82 Å². The number of likely N-dealkylation sites (tertiary alicyclic amines) is 1. The number of pyridine rings is 1. The fourth-order valence-corrected chi connectivity index (χ4v) is 3.83. The first-order valence-corrected chi connectivity index (χ1v) is 9.28. The summed E-state index contributed by atoms with van der Waals surface area (Å²) in [5, 5.41) is 6.93. The van der Waals surface area contributed by atoms with E-state index in [1.165, 1.54) is 25.5 Å². The van der Waals surface area contributed by atoms with Crippen molar-refractivity contribution in [2.45, 2.75) is 38.3 Å². The molecule has 0 aromatic carbocycles. The van der Waals surface area contributed by atoms with Crippen LogP contribution in [0.25, 0.3) is 0 Å². The average Bonchev–Trinajstić information content (AvgIpc) is 3.28. The van der Waals surface area contributed by atoms with E-state index in [4.69, 9.17) is 0 Å². The number of aromatic nitrogens is 1. The van der Waals surface area contributed by atoms with Crippen LogP contribution in [0.4, 0.5) is 10.2 Å². The molecule has 2 N–H and O–H groups in total. The fourth-order valence-electron chi connectivity index (χ4n) is 3.83.